The van der Waals surface area contributed by atoms with Crippen LogP contribution in [-0.2, 0) is 14.6 Å². The number of carbonyl (C=O) groups excluding carboxylic acids is 1. The second kappa shape index (κ2) is 11.3. The first-order valence-electron chi connectivity index (χ1n) is 11.3. The van der Waals surface area contributed by atoms with Gasteiger partial charge in [0.2, 0.25) is 5.91 Å². The van der Waals surface area contributed by atoms with Crippen molar-refractivity contribution in [2.45, 2.75) is 38.0 Å². The molecule has 7 nitrogen and oxygen atoms in total. The third kappa shape index (κ3) is 6.55. The molecule has 0 aliphatic rings. The number of aromatic nitrogens is 1. The molecule has 0 fully saturated rings. The van der Waals surface area contributed by atoms with Gasteiger partial charge in [0.1, 0.15) is 5.75 Å². The zero-order valence-electron chi connectivity index (χ0n) is 20.5. The number of sulfone groups is 1. The predicted octanol–water partition coefficient (Wildman–Crippen LogP) is 4.46. The summed E-state index contributed by atoms with van der Waals surface area (Å²) in [5, 5.41) is 0.672. The van der Waals surface area contributed by atoms with Gasteiger partial charge in [0.05, 0.1) is 28.0 Å². The minimum Gasteiger partial charge on any atom is -0.497 e. The third-order valence-electron chi connectivity index (χ3n) is 5.56. The average molecular weight is 504 g/mol. The van der Waals surface area contributed by atoms with Gasteiger partial charge in [0.25, 0.3) is 0 Å². The van der Waals surface area contributed by atoms with Gasteiger partial charge < -0.3 is 9.64 Å². The van der Waals surface area contributed by atoms with Crippen molar-refractivity contribution in [2.75, 3.05) is 44.9 Å². The van der Waals surface area contributed by atoms with Crippen LogP contribution in [0.1, 0.15) is 30.4 Å². The van der Waals surface area contributed by atoms with Crippen LogP contribution in [0.3, 0.4) is 0 Å². The highest BCUT2D eigenvalue weighted by molar-refractivity contribution is 7.91. The number of ether oxygens (including phenoxy) is 1. The first kappa shape index (κ1) is 26.1. The summed E-state index contributed by atoms with van der Waals surface area (Å²) < 4.78 is 31.6. The zero-order chi connectivity index (χ0) is 24.9. The molecule has 3 rings (SSSR count). The molecule has 1 amide bonds. The van der Waals surface area contributed by atoms with Crippen molar-refractivity contribution in [1.82, 2.24) is 9.88 Å². The van der Waals surface area contributed by atoms with Crippen LogP contribution >= 0.6 is 11.3 Å². The van der Waals surface area contributed by atoms with Crippen LogP contribution in [0.5, 0.6) is 5.75 Å². The number of nitrogens with zero attached hydrogens (tertiary/aromatic N) is 3. The van der Waals surface area contributed by atoms with Gasteiger partial charge in [-0.2, -0.15) is 0 Å². The standard InChI is InChI=1S/C25H33N3O4S2/c1-18-16-19(2)24-22(17-18)33-25(26-24)28(14-7-13-27(3)4)23(29)8-6-15-34(30,31)21-11-9-20(32-5)10-12-21/h9-12,16-17H,6-8,13-15H2,1-5H3. The average Bonchev–Trinajstić information content (AvgIpc) is 3.20. The highest BCUT2D eigenvalue weighted by atomic mass is 32.2. The lowest BCUT2D eigenvalue weighted by Gasteiger charge is -2.21. The predicted molar refractivity (Wildman–Crippen MR) is 139 cm³/mol. The van der Waals surface area contributed by atoms with Crippen molar-refractivity contribution < 1.29 is 17.9 Å². The van der Waals surface area contributed by atoms with Crippen molar-refractivity contribution in [3.63, 3.8) is 0 Å². The van der Waals surface area contributed by atoms with E-state index < -0.39 is 9.84 Å². The van der Waals surface area contributed by atoms with Gasteiger partial charge in [0, 0.05) is 13.0 Å². The van der Waals surface area contributed by atoms with E-state index in [1.807, 2.05) is 21.0 Å². The monoisotopic (exact) mass is 503 g/mol. The number of benzene rings is 2. The van der Waals surface area contributed by atoms with Crippen LogP contribution in [0.4, 0.5) is 5.13 Å². The topological polar surface area (TPSA) is 79.8 Å². The second-order valence-electron chi connectivity index (χ2n) is 8.73. The number of fused-ring (bicyclic) bond motifs is 1. The van der Waals surface area contributed by atoms with E-state index in [0.717, 1.165) is 34.3 Å². The van der Waals surface area contributed by atoms with Crippen LogP contribution < -0.4 is 9.64 Å². The highest BCUT2D eigenvalue weighted by Crippen LogP contribution is 2.32. The van der Waals surface area contributed by atoms with Crippen LogP contribution in [0.15, 0.2) is 41.3 Å². The Bertz CT molecular complexity index is 1240. The lowest BCUT2D eigenvalue weighted by atomic mass is 10.1. The van der Waals surface area contributed by atoms with Crippen molar-refractivity contribution >= 4 is 42.4 Å². The summed E-state index contributed by atoms with van der Waals surface area (Å²) in [7, 11) is 2.06. The first-order valence-corrected chi connectivity index (χ1v) is 13.8. The molecule has 0 N–H and O–H groups in total. The zero-order valence-corrected chi connectivity index (χ0v) is 22.1. The first-order chi connectivity index (χ1) is 16.1. The lowest BCUT2D eigenvalue weighted by molar-refractivity contribution is -0.118. The van der Waals surface area contributed by atoms with Crippen molar-refractivity contribution in [2.24, 2.45) is 0 Å². The molecule has 0 unspecified atom stereocenters. The number of carbonyl (C=O) groups is 1. The maximum absolute atomic E-state index is 13.2. The number of hydrogen-bond donors (Lipinski definition) is 0. The van der Waals surface area contributed by atoms with Crippen molar-refractivity contribution in [3.8, 4) is 5.75 Å². The summed E-state index contributed by atoms with van der Waals surface area (Å²) in [4.78, 5) is 22.0. The SMILES string of the molecule is COc1ccc(S(=O)(=O)CCCC(=O)N(CCCN(C)C)c2nc3c(C)cc(C)cc3s2)cc1. The van der Waals surface area contributed by atoms with E-state index >= 15 is 0 Å². The Morgan fingerprint density at radius 2 is 1.76 bits per heavy atom. The lowest BCUT2D eigenvalue weighted by Crippen LogP contribution is -2.33. The van der Waals surface area contributed by atoms with Gasteiger partial charge in [-0.3, -0.25) is 9.69 Å². The Kier molecular flexibility index (Phi) is 8.67. The molecule has 0 bridgehead atoms. The third-order valence-corrected chi connectivity index (χ3v) is 8.40. The molecule has 0 saturated carbocycles. The molecule has 0 aliphatic carbocycles. The number of amides is 1. The number of thiazole rings is 1. The summed E-state index contributed by atoms with van der Waals surface area (Å²) in [5.41, 5.74) is 3.16. The van der Waals surface area contributed by atoms with Gasteiger partial charge in [0.15, 0.2) is 15.0 Å². The summed E-state index contributed by atoms with van der Waals surface area (Å²) in [6.45, 7) is 5.47. The van der Waals surface area contributed by atoms with E-state index in [1.54, 1.807) is 17.0 Å². The fourth-order valence-electron chi connectivity index (χ4n) is 3.80. The number of rotatable bonds is 11. The highest BCUT2D eigenvalue weighted by Gasteiger charge is 2.22. The Morgan fingerprint density at radius 1 is 1.06 bits per heavy atom. The maximum atomic E-state index is 13.2. The minimum atomic E-state index is -3.48. The number of anilines is 1. The van der Waals surface area contributed by atoms with Gasteiger partial charge >= 0.3 is 0 Å². The molecule has 0 spiro atoms. The largest absolute Gasteiger partial charge is 0.497 e. The van der Waals surface area contributed by atoms with Crippen LogP contribution in [0, 0.1) is 13.8 Å². The number of methoxy groups -OCH3 is 1. The normalized spacial score (nSPS) is 11.8. The molecule has 1 aromatic heterocycles. The summed E-state index contributed by atoms with van der Waals surface area (Å²) >= 11 is 1.51. The van der Waals surface area contributed by atoms with Crippen molar-refractivity contribution in [3.05, 3.63) is 47.5 Å². The summed E-state index contributed by atoms with van der Waals surface area (Å²) in [6.07, 6.45) is 1.20. The van der Waals surface area contributed by atoms with Crippen LogP contribution in [0.2, 0.25) is 0 Å². The summed E-state index contributed by atoms with van der Waals surface area (Å²) in [6, 6.07) is 10.5. The molecule has 0 saturated heterocycles. The molecule has 0 radical (unpaired) electrons. The van der Waals surface area contributed by atoms with Gasteiger partial charge in [-0.1, -0.05) is 17.4 Å². The van der Waals surface area contributed by atoms with E-state index in [1.165, 1.54) is 30.6 Å². The minimum absolute atomic E-state index is 0.0885. The van der Waals surface area contributed by atoms with E-state index in [0.29, 0.717) is 17.4 Å². The fourth-order valence-corrected chi connectivity index (χ4v) is 6.29. The van der Waals surface area contributed by atoms with E-state index in [4.69, 9.17) is 9.72 Å². The number of hydrogen-bond acceptors (Lipinski definition) is 7. The molecule has 0 aliphatic heterocycles. The molecular weight excluding hydrogens is 470 g/mol. The van der Waals surface area contributed by atoms with E-state index in [2.05, 4.69) is 24.0 Å². The Balaban J connectivity index is 1.73. The smallest absolute Gasteiger partial charge is 0.228 e. The number of aryl methyl sites for hydroxylation is 2. The fraction of sp³-hybridized carbons (Fsp3) is 0.440. The quantitative estimate of drug-likeness (QED) is 0.384. The van der Waals surface area contributed by atoms with E-state index in [9.17, 15) is 13.2 Å². The summed E-state index contributed by atoms with van der Waals surface area (Å²) in [5.74, 6) is 0.412. The second-order valence-corrected chi connectivity index (χ2v) is 11.8. The molecule has 34 heavy (non-hydrogen) atoms. The van der Waals surface area contributed by atoms with Crippen LogP contribution in [-0.4, -0.2) is 64.3 Å². The molecule has 9 heteroatoms. The van der Waals surface area contributed by atoms with Gasteiger partial charge in [-0.05, 0) is 88.8 Å². The van der Waals surface area contributed by atoms with Crippen molar-refractivity contribution in [1.29, 1.82) is 0 Å². The van der Waals surface area contributed by atoms with Gasteiger partial charge in [-0.25, -0.2) is 13.4 Å². The molecule has 3 aromatic rings. The molecule has 0 atom stereocenters. The molecule has 1 heterocycles. The molecular formula is C25H33N3O4S2. The Morgan fingerprint density at radius 3 is 2.41 bits per heavy atom. The molecule has 2 aromatic carbocycles. The molecule has 184 valence electrons. The maximum Gasteiger partial charge on any atom is 0.228 e. The Labute approximate surface area is 206 Å². The Hall–Kier alpha value is -2.49. The van der Waals surface area contributed by atoms with Gasteiger partial charge in [-0.15, -0.1) is 0 Å². The van der Waals surface area contributed by atoms with E-state index in [-0.39, 0.29) is 29.4 Å². The van der Waals surface area contributed by atoms with Crippen LogP contribution in [0.25, 0.3) is 10.2 Å².